The smallest absolute Gasteiger partial charge is 0.287 e. The predicted octanol–water partition coefficient (Wildman–Crippen LogP) is 3.95. The molecule has 1 aromatic heterocycles. The van der Waals surface area contributed by atoms with Crippen LogP contribution in [0.15, 0.2) is 34.9 Å². The predicted molar refractivity (Wildman–Crippen MR) is 90.7 cm³/mol. The van der Waals surface area contributed by atoms with Crippen LogP contribution >= 0.6 is 11.6 Å². The number of benzene rings is 1. The van der Waals surface area contributed by atoms with Gasteiger partial charge in [-0.2, -0.15) is 0 Å². The Labute approximate surface area is 145 Å². The molecule has 0 bridgehead atoms. The molecule has 1 saturated heterocycles. The number of furan rings is 1. The van der Waals surface area contributed by atoms with E-state index in [9.17, 15) is 9.18 Å². The molecule has 4 nitrogen and oxygen atoms in total. The summed E-state index contributed by atoms with van der Waals surface area (Å²) in [7, 11) is 0. The molecule has 1 N–H and O–H groups in total. The highest BCUT2D eigenvalue weighted by Crippen LogP contribution is 2.32. The topological polar surface area (TPSA) is 45.5 Å². The molecule has 0 spiro atoms. The number of hydrogen-bond acceptors (Lipinski definition) is 3. The molecule has 1 aromatic carbocycles. The lowest BCUT2D eigenvalue weighted by Gasteiger charge is -2.29. The molecule has 2 heterocycles. The third kappa shape index (κ3) is 3.47. The number of halogens is 2. The normalized spacial score (nSPS) is 16.3. The van der Waals surface area contributed by atoms with Crippen LogP contribution in [-0.4, -0.2) is 30.4 Å². The minimum atomic E-state index is -0.345. The largest absolute Gasteiger partial charge is 0.459 e. The lowest BCUT2D eigenvalue weighted by atomic mass is 10.0. The van der Waals surface area contributed by atoms with Crippen molar-refractivity contribution < 1.29 is 13.6 Å². The van der Waals surface area contributed by atoms with Gasteiger partial charge in [-0.1, -0.05) is 17.7 Å². The molecule has 1 amide bonds. The Morgan fingerprint density at radius 1 is 1.38 bits per heavy atom. The Bertz CT molecular complexity index is 705. The first kappa shape index (κ1) is 17.0. The van der Waals surface area contributed by atoms with E-state index in [4.69, 9.17) is 16.0 Å². The molecule has 3 rings (SSSR count). The Balaban J connectivity index is 1.81. The zero-order chi connectivity index (χ0) is 17.1. The monoisotopic (exact) mass is 350 g/mol. The van der Waals surface area contributed by atoms with Crippen LogP contribution in [0.2, 0.25) is 5.02 Å². The molecule has 1 aliphatic rings. The van der Waals surface area contributed by atoms with Gasteiger partial charge in [-0.25, -0.2) is 4.39 Å². The number of aryl methyl sites for hydroxylation is 1. The molecular formula is C18H20ClFN2O2. The molecule has 24 heavy (non-hydrogen) atoms. The van der Waals surface area contributed by atoms with E-state index >= 15 is 0 Å². The van der Waals surface area contributed by atoms with Crippen molar-refractivity contribution in [3.8, 4) is 0 Å². The second kappa shape index (κ2) is 7.36. The molecule has 128 valence electrons. The molecule has 1 aliphatic heterocycles. The van der Waals surface area contributed by atoms with Gasteiger partial charge in [-0.15, -0.1) is 0 Å². The Hall–Kier alpha value is -1.85. The van der Waals surface area contributed by atoms with Gasteiger partial charge in [-0.05, 0) is 51.1 Å². The van der Waals surface area contributed by atoms with Gasteiger partial charge in [0.05, 0.1) is 12.3 Å². The zero-order valence-corrected chi connectivity index (χ0v) is 14.3. The van der Waals surface area contributed by atoms with Crippen LogP contribution in [0.4, 0.5) is 4.39 Å². The molecule has 0 radical (unpaired) electrons. The molecular weight excluding hydrogens is 331 g/mol. The van der Waals surface area contributed by atoms with Gasteiger partial charge in [0.1, 0.15) is 5.82 Å². The summed E-state index contributed by atoms with van der Waals surface area (Å²) in [6.07, 6.45) is 3.61. The summed E-state index contributed by atoms with van der Waals surface area (Å²) in [5.74, 6) is -0.355. The van der Waals surface area contributed by atoms with E-state index in [1.54, 1.807) is 18.2 Å². The summed E-state index contributed by atoms with van der Waals surface area (Å²) in [6.45, 7) is 3.82. The van der Waals surface area contributed by atoms with Crippen LogP contribution < -0.4 is 5.32 Å². The van der Waals surface area contributed by atoms with E-state index in [2.05, 4.69) is 10.2 Å². The summed E-state index contributed by atoms with van der Waals surface area (Å²) in [6, 6.07) is 6.12. The summed E-state index contributed by atoms with van der Waals surface area (Å²) in [5, 5.41) is 3.24. The average Bonchev–Trinajstić information content (AvgIpc) is 3.21. The fourth-order valence-corrected chi connectivity index (χ4v) is 3.46. The number of nitrogens with zero attached hydrogens (tertiary/aromatic N) is 1. The summed E-state index contributed by atoms with van der Waals surface area (Å²) < 4.78 is 19.6. The van der Waals surface area contributed by atoms with E-state index in [1.165, 1.54) is 12.3 Å². The summed E-state index contributed by atoms with van der Waals surface area (Å²) >= 11 is 6.24. The Morgan fingerprint density at radius 2 is 2.12 bits per heavy atom. The lowest BCUT2D eigenvalue weighted by molar-refractivity contribution is 0.0908. The van der Waals surface area contributed by atoms with Crippen molar-refractivity contribution in [2.75, 3.05) is 19.6 Å². The van der Waals surface area contributed by atoms with Crippen molar-refractivity contribution in [2.45, 2.75) is 25.8 Å². The molecule has 1 unspecified atom stereocenters. The van der Waals surface area contributed by atoms with Crippen molar-refractivity contribution in [3.05, 3.63) is 58.3 Å². The van der Waals surface area contributed by atoms with Gasteiger partial charge in [0.25, 0.3) is 5.91 Å². The summed E-state index contributed by atoms with van der Waals surface area (Å²) in [4.78, 5) is 14.5. The van der Waals surface area contributed by atoms with Gasteiger partial charge in [0.15, 0.2) is 5.76 Å². The van der Waals surface area contributed by atoms with Crippen LogP contribution in [-0.2, 0) is 0 Å². The van der Waals surface area contributed by atoms with Crippen molar-refractivity contribution >= 4 is 17.5 Å². The van der Waals surface area contributed by atoms with E-state index in [0.29, 0.717) is 10.6 Å². The molecule has 1 fully saturated rings. The van der Waals surface area contributed by atoms with Crippen molar-refractivity contribution in [1.29, 1.82) is 0 Å². The molecule has 2 aromatic rings. The fourth-order valence-electron chi connectivity index (χ4n) is 3.17. The highest BCUT2D eigenvalue weighted by molar-refractivity contribution is 6.31. The van der Waals surface area contributed by atoms with Gasteiger partial charge < -0.3 is 9.73 Å². The van der Waals surface area contributed by atoms with E-state index < -0.39 is 0 Å². The van der Waals surface area contributed by atoms with Gasteiger partial charge in [-0.3, -0.25) is 9.69 Å². The molecule has 6 heteroatoms. The average molecular weight is 351 g/mol. The lowest BCUT2D eigenvalue weighted by Crippen LogP contribution is -2.37. The number of hydrogen-bond donors (Lipinski definition) is 1. The Morgan fingerprint density at radius 3 is 2.75 bits per heavy atom. The summed E-state index contributed by atoms with van der Waals surface area (Å²) in [5.41, 5.74) is 1.21. The second-order valence-electron chi connectivity index (χ2n) is 6.04. The minimum absolute atomic E-state index is 0.277. The SMILES string of the molecule is Cc1ccoc1C(=O)NCC(c1c(F)cccc1Cl)N1CCCC1. The highest BCUT2D eigenvalue weighted by atomic mass is 35.5. The maximum Gasteiger partial charge on any atom is 0.287 e. The number of carbonyl (C=O) groups is 1. The molecule has 1 atom stereocenters. The van der Waals surface area contributed by atoms with Crippen LogP contribution in [0.1, 0.15) is 40.6 Å². The van der Waals surface area contributed by atoms with Crippen molar-refractivity contribution in [2.24, 2.45) is 0 Å². The number of likely N-dealkylation sites (tertiary alicyclic amines) is 1. The van der Waals surface area contributed by atoms with Crippen molar-refractivity contribution in [3.63, 3.8) is 0 Å². The highest BCUT2D eigenvalue weighted by Gasteiger charge is 2.28. The standard InChI is InChI=1S/C18H20ClFN2O2/c1-12-7-10-24-17(12)18(23)21-11-15(22-8-2-3-9-22)16-13(19)5-4-6-14(16)20/h4-7,10,15H,2-3,8-9,11H2,1H3,(H,21,23). The van der Waals surface area contributed by atoms with Gasteiger partial charge in [0, 0.05) is 22.7 Å². The maximum atomic E-state index is 14.4. The van der Waals surface area contributed by atoms with Crippen LogP contribution in [0.5, 0.6) is 0 Å². The van der Waals surface area contributed by atoms with Crippen LogP contribution in [0, 0.1) is 12.7 Å². The zero-order valence-electron chi connectivity index (χ0n) is 13.5. The van der Waals surface area contributed by atoms with E-state index in [0.717, 1.165) is 31.5 Å². The number of carbonyl (C=O) groups excluding carboxylic acids is 1. The first-order chi connectivity index (χ1) is 11.6. The first-order valence-electron chi connectivity index (χ1n) is 8.08. The van der Waals surface area contributed by atoms with Crippen LogP contribution in [0.25, 0.3) is 0 Å². The quantitative estimate of drug-likeness (QED) is 0.888. The number of amides is 1. The van der Waals surface area contributed by atoms with E-state index in [1.807, 2.05) is 6.92 Å². The number of rotatable bonds is 5. The number of nitrogens with one attached hydrogen (secondary N) is 1. The van der Waals surface area contributed by atoms with E-state index in [-0.39, 0.29) is 30.1 Å². The Kier molecular flexibility index (Phi) is 5.21. The third-order valence-corrected chi connectivity index (χ3v) is 4.77. The molecule has 0 aliphatic carbocycles. The fraction of sp³-hybridized carbons (Fsp3) is 0.389. The first-order valence-corrected chi connectivity index (χ1v) is 8.46. The van der Waals surface area contributed by atoms with Crippen LogP contribution in [0.3, 0.4) is 0 Å². The maximum absolute atomic E-state index is 14.4. The second-order valence-corrected chi connectivity index (χ2v) is 6.44. The minimum Gasteiger partial charge on any atom is -0.459 e. The van der Waals surface area contributed by atoms with Crippen molar-refractivity contribution in [1.82, 2.24) is 10.2 Å². The third-order valence-electron chi connectivity index (χ3n) is 4.44. The van der Waals surface area contributed by atoms with Gasteiger partial charge >= 0.3 is 0 Å². The molecule has 0 saturated carbocycles. The van der Waals surface area contributed by atoms with Gasteiger partial charge in [0.2, 0.25) is 0 Å².